The van der Waals surface area contributed by atoms with Crippen molar-refractivity contribution >= 4 is 13.8 Å². The summed E-state index contributed by atoms with van der Waals surface area (Å²) in [7, 11) is -1.84. The van der Waals surface area contributed by atoms with Gasteiger partial charge in [0.2, 0.25) is 0 Å². The van der Waals surface area contributed by atoms with Crippen LogP contribution >= 0.6 is 7.82 Å². The lowest BCUT2D eigenvalue weighted by atomic mass is 10.1. The van der Waals surface area contributed by atoms with Gasteiger partial charge in [0, 0.05) is 25.5 Å². The zero-order valence-corrected chi connectivity index (χ0v) is 14.2. The highest BCUT2D eigenvalue weighted by molar-refractivity contribution is 7.47. The van der Waals surface area contributed by atoms with E-state index < -0.39 is 38.0 Å². The van der Waals surface area contributed by atoms with E-state index in [0.29, 0.717) is 12.0 Å². The molecule has 5 unspecified atom stereocenters. The van der Waals surface area contributed by atoms with Crippen molar-refractivity contribution in [1.82, 2.24) is 0 Å². The Morgan fingerprint density at radius 1 is 1.38 bits per heavy atom. The lowest BCUT2D eigenvalue weighted by Crippen LogP contribution is -2.45. The minimum absolute atomic E-state index is 0.242. The summed E-state index contributed by atoms with van der Waals surface area (Å²) in [5.41, 5.74) is 0.306. The molecular weight excluding hydrogens is 341 g/mol. The van der Waals surface area contributed by atoms with Crippen LogP contribution in [0.1, 0.15) is 22.8 Å². The predicted octanol–water partition coefficient (Wildman–Crippen LogP) is -0.193. The molecule has 0 radical (unpaired) electrons. The summed E-state index contributed by atoms with van der Waals surface area (Å²) in [5.74, 6) is -1.08. The van der Waals surface area contributed by atoms with Crippen LogP contribution in [0.3, 0.4) is 0 Å². The Bertz CT molecular complexity index is 639. The van der Waals surface area contributed by atoms with Crippen LogP contribution in [0.5, 0.6) is 0 Å². The molecule has 1 aliphatic rings. The van der Waals surface area contributed by atoms with Crippen molar-refractivity contribution in [3.05, 3.63) is 30.1 Å². The molecule has 0 saturated heterocycles. The van der Waals surface area contributed by atoms with Crippen LogP contribution in [0.2, 0.25) is 0 Å². The maximum absolute atomic E-state index is 11.6. The number of nitrogens with zero attached hydrogens (tertiary/aromatic N) is 1. The van der Waals surface area contributed by atoms with Gasteiger partial charge >= 0.3 is 13.8 Å². The van der Waals surface area contributed by atoms with E-state index in [2.05, 4.69) is 9.26 Å². The predicted molar refractivity (Wildman–Crippen MR) is 79.9 cm³/mol. The van der Waals surface area contributed by atoms with Crippen molar-refractivity contribution in [2.45, 2.75) is 24.7 Å². The van der Waals surface area contributed by atoms with Crippen molar-refractivity contribution in [3.8, 4) is 0 Å². The molecule has 24 heavy (non-hydrogen) atoms. The average molecular weight is 362 g/mol. The molecule has 5 atom stereocenters. The Labute approximate surface area is 139 Å². The van der Waals surface area contributed by atoms with Crippen molar-refractivity contribution in [2.24, 2.45) is 5.92 Å². The standard InChI is InChI=1S/C14H20NO8P/c1-21-14(18)9-4-3-5-15(7-9)11-6-10(12(16)13(11)17)8-23-24(19,20)22-2/h3-5,7,10-13,16-17H,6,8H2,1-2H3/p+1. The first-order valence-corrected chi connectivity index (χ1v) is 8.77. The first-order valence-electron chi connectivity index (χ1n) is 7.27. The smallest absolute Gasteiger partial charge is 0.465 e. The van der Waals surface area contributed by atoms with Crippen LogP contribution in [0.15, 0.2) is 24.5 Å². The molecule has 0 amide bonds. The van der Waals surface area contributed by atoms with Gasteiger partial charge in [-0.25, -0.2) is 9.36 Å². The number of esters is 1. The number of aliphatic hydroxyl groups is 2. The minimum atomic E-state index is -4.15. The number of hydrogen-bond donors (Lipinski definition) is 3. The largest absolute Gasteiger partial charge is 0.471 e. The van der Waals surface area contributed by atoms with Crippen LogP contribution in [0.25, 0.3) is 0 Å². The number of ether oxygens (including phenoxy) is 1. The van der Waals surface area contributed by atoms with Gasteiger partial charge in [-0.05, 0) is 6.07 Å². The Hall–Kier alpha value is -1.35. The summed E-state index contributed by atoms with van der Waals surface area (Å²) in [6.45, 7) is -0.242. The monoisotopic (exact) mass is 362 g/mol. The third-order valence-electron chi connectivity index (χ3n) is 4.08. The van der Waals surface area contributed by atoms with Gasteiger partial charge in [-0.3, -0.25) is 9.05 Å². The van der Waals surface area contributed by atoms with E-state index in [1.165, 1.54) is 13.3 Å². The van der Waals surface area contributed by atoms with Crippen LogP contribution in [0.4, 0.5) is 0 Å². The molecule has 0 spiro atoms. The number of carbonyl (C=O) groups excluding carboxylic acids is 1. The molecule has 1 heterocycles. The minimum Gasteiger partial charge on any atom is -0.465 e. The van der Waals surface area contributed by atoms with E-state index in [9.17, 15) is 24.5 Å². The molecule has 1 aromatic rings. The number of phosphoric ester groups is 1. The maximum atomic E-state index is 11.6. The number of methoxy groups -OCH3 is 1. The zero-order chi connectivity index (χ0) is 17.9. The number of hydrogen-bond acceptors (Lipinski definition) is 7. The number of rotatable bonds is 6. The number of carbonyl (C=O) groups is 1. The van der Waals surface area contributed by atoms with Crippen LogP contribution in [0, 0.1) is 5.92 Å². The van der Waals surface area contributed by atoms with E-state index >= 15 is 0 Å². The maximum Gasteiger partial charge on any atom is 0.471 e. The number of phosphoric acid groups is 1. The first kappa shape index (κ1) is 19.0. The Kier molecular flexibility index (Phi) is 6.08. The first-order chi connectivity index (χ1) is 11.3. The fourth-order valence-corrected chi connectivity index (χ4v) is 3.23. The molecule has 9 nitrogen and oxygen atoms in total. The third kappa shape index (κ3) is 4.18. The number of pyridine rings is 1. The van der Waals surface area contributed by atoms with Crippen molar-refractivity contribution in [1.29, 1.82) is 0 Å². The molecule has 0 aromatic carbocycles. The fraction of sp³-hybridized carbons (Fsp3) is 0.571. The van der Waals surface area contributed by atoms with E-state index in [4.69, 9.17) is 4.52 Å². The molecule has 0 bridgehead atoms. The average Bonchev–Trinajstić information content (AvgIpc) is 2.87. The normalized spacial score (nSPS) is 29.2. The summed E-state index contributed by atoms with van der Waals surface area (Å²) in [6, 6.07) is 2.68. The molecule has 1 aromatic heterocycles. The molecule has 134 valence electrons. The lowest BCUT2D eigenvalue weighted by molar-refractivity contribution is -0.729. The SMILES string of the molecule is COC(=O)c1ccc[n+](C2CC(COP(=O)(O)OC)C(O)C2O)c1. The molecular formula is C14H21NO8P+. The van der Waals surface area contributed by atoms with Gasteiger partial charge in [0.25, 0.3) is 0 Å². The van der Waals surface area contributed by atoms with Gasteiger partial charge in [0.05, 0.1) is 19.8 Å². The van der Waals surface area contributed by atoms with Gasteiger partial charge in [-0.2, -0.15) is 4.57 Å². The summed E-state index contributed by atoms with van der Waals surface area (Å²) in [6.07, 6.45) is 1.21. The highest BCUT2D eigenvalue weighted by atomic mass is 31.2. The van der Waals surface area contributed by atoms with Gasteiger partial charge in [0.1, 0.15) is 11.7 Å². The highest BCUT2D eigenvalue weighted by Crippen LogP contribution is 2.44. The van der Waals surface area contributed by atoms with Crippen molar-refractivity contribution in [2.75, 3.05) is 20.8 Å². The van der Waals surface area contributed by atoms with Gasteiger partial charge in [-0.1, -0.05) is 0 Å². The van der Waals surface area contributed by atoms with E-state index in [-0.39, 0.29) is 6.61 Å². The lowest BCUT2D eigenvalue weighted by Gasteiger charge is -2.16. The molecule has 3 N–H and O–H groups in total. The second-order valence-corrected chi connectivity index (χ2v) is 7.08. The second-order valence-electron chi connectivity index (χ2n) is 5.52. The topological polar surface area (TPSA) is 126 Å². The summed E-state index contributed by atoms with van der Waals surface area (Å²) in [5, 5.41) is 20.4. The van der Waals surface area contributed by atoms with E-state index in [1.54, 1.807) is 22.9 Å². The van der Waals surface area contributed by atoms with E-state index in [1.807, 2.05) is 0 Å². The molecule has 2 rings (SSSR count). The molecule has 1 fully saturated rings. The highest BCUT2D eigenvalue weighted by Gasteiger charge is 2.47. The number of aliphatic hydroxyl groups excluding tert-OH is 2. The zero-order valence-electron chi connectivity index (χ0n) is 13.3. The van der Waals surface area contributed by atoms with Gasteiger partial charge in [0.15, 0.2) is 18.4 Å². The van der Waals surface area contributed by atoms with Crippen molar-refractivity contribution in [3.63, 3.8) is 0 Å². The second kappa shape index (κ2) is 7.69. The number of aromatic nitrogens is 1. The Morgan fingerprint density at radius 2 is 2.08 bits per heavy atom. The Balaban J connectivity index is 2.12. The van der Waals surface area contributed by atoms with E-state index in [0.717, 1.165) is 7.11 Å². The van der Waals surface area contributed by atoms with Crippen molar-refractivity contribution < 1.29 is 42.8 Å². The molecule has 1 aliphatic carbocycles. The quantitative estimate of drug-likeness (QED) is 0.361. The van der Waals surface area contributed by atoms with Gasteiger partial charge < -0.3 is 19.8 Å². The third-order valence-corrected chi connectivity index (χ3v) is 5.02. The fourth-order valence-electron chi connectivity index (χ4n) is 2.74. The summed E-state index contributed by atoms with van der Waals surface area (Å²) in [4.78, 5) is 20.9. The van der Waals surface area contributed by atoms with Crippen LogP contribution in [-0.4, -0.2) is 54.1 Å². The van der Waals surface area contributed by atoms with Crippen LogP contribution < -0.4 is 4.57 Å². The molecule has 1 saturated carbocycles. The van der Waals surface area contributed by atoms with Crippen LogP contribution in [-0.2, 0) is 18.3 Å². The Morgan fingerprint density at radius 3 is 2.71 bits per heavy atom. The summed E-state index contributed by atoms with van der Waals surface area (Å²) < 4.78 is 26.7. The molecule has 10 heteroatoms. The van der Waals surface area contributed by atoms with Gasteiger partial charge in [-0.15, -0.1) is 0 Å². The molecule has 0 aliphatic heterocycles. The summed E-state index contributed by atoms with van der Waals surface area (Å²) >= 11 is 0.